The molecule has 2 nitrogen and oxygen atoms in total. The summed E-state index contributed by atoms with van der Waals surface area (Å²) in [6.07, 6.45) is 2.51. The van der Waals surface area contributed by atoms with Gasteiger partial charge in [0.25, 0.3) is 0 Å². The normalized spacial score (nSPS) is 30.7. The molecule has 2 rings (SSSR count). The number of aryl methyl sites for hydroxylation is 1. The smallest absolute Gasteiger partial charge is 0.117 e. The standard InChI is InChI=1S/C12H19FN2/c1-11(2,3)9-7-14-15(5)10(9)8-6-12(8,4)13/h7-8H,6H2,1-5H3. The van der Waals surface area contributed by atoms with Crippen LogP contribution in [0.2, 0.25) is 0 Å². The minimum atomic E-state index is -1.02. The molecule has 1 aromatic rings. The quantitative estimate of drug-likeness (QED) is 0.697. The van der Waals surface area contributed by atoms with Crippen LogP contribution in [-0.2, 0) is 12.5 Å². The van der Waals surface area contributed by atoms with Gasteiger partial charge in [0.15, 0.2) is 0 Å². The second-order valence-corrected chi connectivity index (χ2v) is 5.85. The van der Waals surface area contributed by atoms with Crippen molar-refractivity contribution in [2.75, 3.05) is 0 Å². The van der Waals surface area contributed by atoms with Crippen molar-refractivity contribution in [2.45, 2.75) is 51.1 Å². The third-order valence-corrected chi connectivity index (χ3v) is 3.29. The Morgan fingerprint density at radius 2 is 2.07 bits per heavy atom. The van der Waals surface area contributed by atoms with E-state index in [9.17, 15) is 4.39 Å². The Hall–Kier alpha value is -0.860. The largest absolute Gasteiger partial charge is 0.272 e. The van der Waals surface area contributed by atoms with Crippen molar-refractivity contribution in [1.82, 2.24) is 9.78 Å². The van der Waals surface area contributed by atoms with Gasteiger partial charge in [-0.15, -0.1) is 0 Å². The molecule has 0 spiro atoms. The molecule has 0 amide bonds. The number of hydrogen-bond donors (Lipinski definition) is 0. The van der Waals surface area contributed by atoms with E-state index in [0.717, 1.165) is 5.69 Å². The van der Waals surface area contributed by atoms with Crippen molar-refractivity contribution in [1.29, 1.82) is 0 Å². The number of halogens is 1. The fourth-order valence-corrected chi connectivity index (χ4v) is 2.16. The van der Waals surface area contributed by atoms with Crippen LogP contribution in [0.4, 0.5) is 4.39 Å². The second-order valence-electron chi connectivity index (χ2n) is 5.85. The molecule has 1 aromatic heterocycles. The molecule has 0 radical (unpaired) electrons. The summed E-state index contributed by atoms with van der Waals surface area (Å²) in [5.74, 6) is 0.0409. The fourth-order valence-electron chi connectivity index (χ4n) is 2.16. The van der Waals surface area contributed by atoms with Crippen LogP contribution in [0.25, 0.3) is 0 Å². The highest BCUT2D eigenvalue weighted by Crippen LogP contribution is 2.55. The van der Waals surface area contributed by atoms with Crippen LogP contribution in [0.3, 0.4) is 0 Å². The van der Waals surface area contributed by atoms with Crippen LogP contribution in [0.5, 0.6) is 0 Å². The molecule has 2 unspecified atom stereocenters. The molecule has 1 heterocycles. The molecule has 1 saturated carbocycles. The van der Waals surface area contributed by atoms with E-state index in [2.05, 4.69) is 25.9 Å². The van der Waals surface area contributed by atoms with Gasteiger partial charge in [0, 0.05) is 18.7 Å². The van der Waals surface area contributed by atoms with E-state index in [-0.39, 0.29) is 11.3 Å². The van der Waals surface area contributed by atoms with Gasteiger partial charge in [0.1, 0.15) is 5.67 Å². The molecular formula is C12H19FN2. The molecule has 0 saturated heterocycles. The maximum atomic E-state index is 13.7. The van der Waals surface area contributed by atoms with Gasteiger partial charge in [0.2, 0.25) is 0 Å². The van der Waals surface area contributed by atoms with E-state index in [1.165, 1.54) is 5.56 Å². The van der Waals surface area contributed by atoms with Crippen LogP contribution in [0, 0.1) is 0 Å². The van der Waals surface area contributed by atoms with E-state index in [0.29, 0.717) is 6.42 Å². The predicted molar refractivity (Wildman–Crippen MR) is 58.8 cm³/mol. The first-order valence-corrected chi connectivity index (χ1v) is 5.45. The summed E-state index contributed by atoms with van der Waals surface area (Å²) in [6.45, 7) is 8.11. The van der Waals surface area contributed by atoms with Crippen LogP contribution in [0.15, 0.2) is 6.20 Å². The Balaban J connectivity index is 2.43. The molecular weight excluding hydrogens is 191 g/mol. The lowest BCUT2D eigenvalue weighted by Gasteiger charge is -2.19. The zero-order valence-electron chi connectivity index (χ0n) is 10.1. The lowest BCUT2D eigenvalue weighted by atomic mass is 9.86. The number of hydrogen-bond acceptors (Lipinski definition) is 1. The maximum absolute atomic E-state index is 13.7. The van der Waals surface area contributed by atoms with Gasteiger partial charge in [-0.05, 0) is 24.3 Å². The van der Waals surface area contributed by atoms with Crippen LogP contribution in [0.1, 0.15) is 51.3 Å². The van der Waals surface area contributed by atoms with Gasteiger partial charge in [0.05, 0.1) is 6.20 Å². The third-order valence-electron chi connectivity index (χ3n) is 3.29. The van der Waals surface area contributed by atoms with Crippen molar-refractivity contribution in [3.8, 4) is 0 Å². The van der Waals surface area contributed by atoms with Crippen LogP contribution < -0.4 is 0 Å². The van der Waals surface area contributed by atoms with Gasteiger partial charge in [-0.3, -0.25) is 4.68 Å². The van der Waals surface area contributed by atoms with Gasteiger partial charge in [-0.1, -0.05) is 20.8 Å². The SMILES string of the molecule is Cn1ncc(C(C)(C)C)c1C1CC1(C)F. The minimum absolute atomic E-state index is 0.0409. The predicted octanol–water partition coefficient (Wildman–Crippen LogP) is 2.93. The fraction of sp³-hybridized carbons (Fsp3) is 0.750. The molecule has 0 bridgehead atoms. The van der Waals surface area contributed by atoms with E-state index in [1.54, 1.807) is 6.92 Å². The average Bonchev–Trinajstić information content (AvgIpc) is 2.52. The molecule has 1 aliphatic rings. The number of nitrogens with zero attached hydrogens (tertiary/aromatic N) is 2. The lowest BCUT2D eigenvalue weighted by Crippen LogP contribution is -2.15. The Kier molecular flexibility index (Phi) is 2.01. The zero-order valence-corrected chi connectivity index (χ0v) is 10.1. The monoisotopic (exact) mass is 210 g/mol. The third kappa shape index (κ3) is 1.68. The molecule has 1 fully saturated rings. The first-order valence-electron chi connectivity index (χ1n) is 5.45. The molecule has 0 N–H and O–H groups in total. The van der Waals surface area contributed by atoms with Gasteiger partial charge < -0.3 is 0 Å². The van der Waals surface area contributed by atoms with Crippen molar-refractivity contribution in [3.63, 3.8) is 0 Å². The zero-order chi connectivity index (χ0) is 11.4. The van der Waals surface area contributed by atoms with Crippen molar-refractivity contribution in [3.05, 3.63) is 17.5 Å². The topological polar surface area (TPSA) is 17.8 Å². The second kappa shape index (κ2) is 2.83. The number of rotatable bonds is 1. The highest BCUT2D eigenvalue weighted by atomic mass is 19.1. The van der Waals surface area contributed by atoms with Crippen molar-refractivity contribution >= 4 is 0 Å². The molecule has 3 heteroatoms. The average molecular weight is 210 g/mol. The molecule has 84 valence electrons. The maximum Gasteiger partial charge on any atom is 0.117 e. The molecule has 1 aliphatic carbocycles. The van der Waals surface area contributed by atoms with Crippen molar-refractivity contribution in [2.24, 2.45) is 7.05 Å². The van der Waals surface area contributed by atoms with Crippen LogP contribution in [-0.4, -0.2) is 15.4 Å². The van der Waals surface area contributed by atoms with Gasteiger partial charge >= 0.3 is 0 Å². The summed E-state index contributed by atoms with van der Waals surface area (Å²) in [7, 11) is 1.90. The first kappa shape index (κ1) is 10.7. The van der Waals surface area contributed by atoms with Gasteiger partial charge in [-0.2, -0.15) is 5.10 Å². The molecule has 0 aromatic carbocycles. The highest BCUT2D eigenvalue weighted by Gasteiger charge is 2.54. The summed E-state index contributed by atoms with van der Waals surface area (Å²) in [6, 6.07) is 0. The lowest BCUT2D eigenvalue weighted by molar-refractivity contribution is 0.324. The van der Waals surface area contributed by atoms with Gasteiger partial charge in [-0.25, -0.2) is 4.39 Å². The Bertz CT molecular complexity index is 385. The van der Waals surface area contributed by atoms with E-state index in [1.807, 2.05) is 17.9 Å². The summed E-state index contributed by atoms with van der Waals surface area (Å²) >= 11 is 0. The molecule has 0 aliphatic heterocycles. The molecule has 2 atom stereocenters. The highest BCUT2D eigenvalue weighted by molar-refractivity contribution is 5.35. The van der Waals surface area contributed by atoms with E-state index in [4.69, 9.17) is 0 Å². The summed E-state index contributed by atoms with van der Waals surface area (Å²) in [5.41, 5.74) is 1.28. The Morgan fingerprint density at radius 3 is 2.47 bits per heavy atom. The summed E-state index contributed by atoms with van der Waals surface area (Å²) in [4.78, 5) is 0. The summed E-state index contributed by atoms with van der Waals surface area (Å²) < 4.78 is 15.6. The number of alkyl halides is 1. The Morgan fingerprint density at radius 1 is 1.53 bits per heavy atom. The Labute approximate surface area is 90.5 Å². The molecule has 15 heavy (non-hydrogen) atoms. The van der Waals surface area contributed by atoms with E-state index >= 15 is 0 Å². The summed E-state index contributed by atoms with van der Waals surface area (Å²) in [5, 5.41) is 4.26. The van der Waals surface area contributed by atoms with Crippen molar-refractivity contribution < 1.29 is 4.39 Å². The van der Waals surface area contributed by atoms with E-state index < -0.39 is 5.67 Å². The number of aromatic nitrogens is 2. The van der Waals surface area contributed by atoms with Crippen LogP contribution >= 0.6 is 0 Å². The first-order chi connectivity index (χ1) is 6.73. The minimum Gasteiger partial charge on any atom is -0.272 e.